The fraction of sp³-hybridized carbons (Fsp3) is 1.00. The average Bonchev–Trinajstić information content (AvgIpc) is 2.29. The van der Waals surface area contributed by atoms with Gasteiger partial charge in [0.25, 0.3) is 0 Å². The summed E-state index contributed by atoms with van der Waals surface area (Å²) < 4.78 is 1.12. The molecule has 0 unspecified atom stereocenters. The Kier molecular flexibility index (Phi) is 22.8. The van der Waals surface area contributed by atoms with E-state index in [4.69, 9.17) is 0 Å². The largest absolute Gasteiger partial charge is 0.331 e. The molecular formula is C17H40BrClN+. The summed E-state index contributed by atoms with van der Waals surface area (Å²) in [6.07, 6.45) is 17.4. The zero-order valence-corrected chi connectivity index (χ0v) is 17.0. The zero-order valence-electron chi connectivity index (χ0n) is 14.5. The lowest BCUT2D eigenvalue weighted by molar-refractivity contribution is -0.870. The summed E-state index contributed by atoms with van der Waals surface area (Å²) in [7, 11) is 6.87. The normalized spacial score (nSPS) is 10.8. The summed E-state index contributed by atoms with van der Waals surface area (Å²) in [5, 5.41) is 0. The Balaban J connectivity index is -0.00000144. The Labute approximate surface area is 145 Å². The standard InChI is InChI=1S/C17H38N.BrH.ClH/c1-5-6-7-8-9-10-11-12-13-14-15-16-17-18(2,3)4;;/h5-17H2,1-4H3;2*1H/q+1;;. The van der Waals surface area contributed by atoms with Crippen molar-refractivity contribution in [3.8, 4) is 0 Å². The van der Waals surface area contributed by atoms with Gasteiger partial charge in [-0.05, 0) is 12.8 Å². The number of quaternary nitrogens is 1. The number of rotatable bonds is 13. The van der Waals surface area contributed by atoms with E-state index in [1.54, 1.807) is 0 Å². The van der Waals surface area contributed by atoms with E-state index < -0.39 is 0 Å². The second-order valence-electron chi connectivity index (χ2n) is 6.90. The summed E-state index contributed by atoms with van der Waals surface area (Å²) in [5.41, 5.74) is 0. The highest BCUT2D eigenvalue weighted by molar-refractivity contribution is 8.93. The molecular weight excluding hydrogens is 334 g/mol. The van der Waals surface area contributed by atoms with Crippen LogP contribution in [0.3, 0.4) is 0 Å². The summed E-state index contributed by atoms with van der Waals surface area (Å²) in [6, 6.07) is 0. The fourth-order valence-electron chi connectivity index (χ4n) is 2.43. The molecule has 0 aliphatic rings. The van der Waals surface area contributed by atoms with Gasteiger partial charge < -0.3 is 4.48 Å². The van der Waals surface area contributed by atoms with Gasteiger partial charge in [0.1, 0.15) is 0 Å². The molecule has 0 fully saturated rings. The SMILES string of the molecule is Br.CCCCCCCCCCCCCC[N+](C)(C)C.Cl. The zero-order chi connectivity index (χ0) is 13.7. The van der Waals surface area contributed by atoms with E-state index in [2.05, 4.69) is 28.1 Å². The Bertz CT molecular complexity index is 169. The van der Waals surface area contributed by atoms with E-state index in [0.717, 1.165) is 4.48 Å². The number of hydrogen-bond donors (Lipinski definition) is 0. The molecule has 0 radical (unpaired) electrons. The molecule has 0 amide bonds. The minimum Gasteiger partial charge on any atom is -0.331 e. The number of hydrogen-bond acceptors (Lipinski definition) is 0. The van der Waals surface area contributed by atoms with Gasteiger partial charge in [-0.25, -0.2) is 0 Å². The van der Waals surface area contributed by atoms with Crippen LogP contribution in [-0.2, 0) is 0 Å². The van der Waals surface area contributed by atoms with Gasteiger partial charge in [-0.15, -0.1) is 29.4 Å². The summed E-state index contributed by atoms with van der Waals surface area (Å²) in [4.78, 5) is 0. The molecule has 0 atom stereocenters. The molecule has 0 saturated heterocycles. The lowest BCUT2D eigenvalue weighted by Gasteiger charge is -2.23. The fourth-order valence-corrected chi connectivity index (χ4v) is 2.43. The third-order valence-electron chi connectivity index (χ3n) is 3.68. The Morgan fingerprint density at radius 3 is 1.15 bits per heavy atom. The third-order valence-corrected chi connectivity index (χ3v) is 3.68. The van der Waals surface area contributed by atoms with Crippen molar-refractivity contribution in [3.05, 3.63) is 0 Å². The first-order valence-electron chi connectivity index (χ1n) is 8.36. The van der Waals surface area contributed by atoms with Crippen LogP contribution in [0.25, 0.3) is 0 Å². The summed E-state index contributed by atoms with van der Waals surface area (Å²) in [5.74, 6) is 0. The minimum atomic E-state index is 0. The minimum absolute atomic E-state index is 0. The first-order valence-corrected chi connectivity index (χ1v) is 8.36. The maximum absolute atomic E-state index is 2.29. The van der Waals surface area contributed by atoms with Gasteiger partial charge in [-0.1, -0.05) is 71.1 Å². The highest BCUT2D eigenvalue weighted by Gasteiger charge is 2.04. The lowest BCUT2D eigenvalue weighted by Crippen LogP contribution is -2.35. The molecule has 0 aromatic heterocycles. The molecule has 0 saturated carbocycles. The van der Waals surface area contributed by atoms with Gasteiger partial charge >= 0.3 is 0 Å². The monoisotopic (exact) mass is 372 g/mol. The molecule has 20 heavy (non-hydrogen) atoms. The van der Waals surface area contributed by atoms with Crippen molar-refractivity contribution >= 4 is 29.4 Å². The van der Waals surface area contributed by atoms with Crippen molar-refractivity contribution in [2.24, 2.45) is 0 Å². The van der Waals surface area contributed by atoms with Crippen LogP contribution in [0.15, 0.2) is 0 Å². The van der Waals surface area contributed by atoms with E-state index in [9.17, 15) is 0 Å². The van der Waals surface area contributed by atoms with E-state index >= 15 is 0 Å². The molecule has 0 aliphatic carbocycles. The predicted octanol–water partition coefficient (Wildman–Crippen LogP) is 6.39. The molecule has 0 spiro atoms. The number of halogens is 2. The van der Waals surface area contributed by atoms with Crippen LogP contribution in [0.5, 0.6) is 0 Å². The molecule has 0 aromatic carbocycles. The Hall–Kier alpha value is 0.730. The van der Waals surface area contributed by atoms with Gasteiger partial charge in [-0.3, -0.25) is 0 Å². The molecule has 0 heterocycles. The number of nitrogens with zero attached hydrogens (tertiary/aromatic N) is 1. The van der Waals surface area contributed by atoms with Crippen molar-refractivity contribution in [1.29, 1.82) is 0 Å². The summed E-state index contributed by atoms with van der Waals surface area (Å²) in [6.45, 7) is 3.62. The number of unbranched alkanes of at least 4 members (excludes halogenated alkanes) is 11. The van der Waals surface area contributed by atoms with E-state index in [1.165, 1.54) is 83.6 Å². The smallest absolute Gasteiger partial charge is 0.0780 e. The quantitative estimate of drug-likeness (QED) is 0.259. The summed E-state index contributed by atoms with van der Waals surface area (Å²) >= 11 is 0. The van der Waals surface area contributed by atoms with Crippen LogP contribution in [0.1, 0.15) is 84.0 Å². The topological polar surface area (TPSA) is 0 Å². The van der Waals surface area contributed by atoms with Gasteiger partial charge in [0.05, 0.1) is 27.7 Å². The molecule has 0 aromatic rings. The predicted molar refractivity (Wildman–Crippen MR) is 102 cm³/mol. The first kappa shape index (κ1) is 25.7. The average molecular weight is 374 g/mol. The first-order chi connectivity index (χ1) is 8.56. The molecule has 0 rings (SSSR count). The molecule has 3 heteroatoms. The van der Waals surface area contributed by atoms with Crippen molar-refractivity contribution in [3.63, 3.8) is 0 Å². The van der Waals surface area contributed by atoms with Gasteiger partial charge in [-0.2, -0.15) is 0 Å². The van der Waals surface area contributed by atoms with Crippen LogP contribution in [0.4, 0.5) is 0 Å². The second kappa shape index (κ2) is 17.8. The van der Waals surface area contributed by atoms with Crippen molar-refractivity contribution in [1.82, 2.24) is 0 Å². The van der Waals surface area contributed by atoms with Crippen molar-refractivity contribution < 1.29 is 4.48 Å². The maximum Gasteiger partial charge on any atom is 0.0780 e. The van der Waals surface area contributed by atoms with Gasteiger partial charge in [0.15, 0.2) is 0 Å². The molecule has 0 aliphatic heterocycles. The Morgan fingerprint density at radius 1 is 0.550 bits per heavy atom. The van der Waals surface area contributed by atoms with Crippen molar-refractivity contribution in [2.45, 2.75) is 84.0 Å². The highest BCUT2D eigenvalue weighted by atomic mass is 79.9. The lowest BCUT2D eigenvalue weighted by atomic mass is 10.1. The maximum atomic E-state index is 2.29. The molecule has 0 bridgehead atoms. The van der Waals surface area contributed by atoms with Crippen LogP contribution < -0.4 is 0 Å². The highest BCUT2D eigenvalue weighted by Crippen LogP contribution is 2.12. The van der Waals surface area contributed by atoms with E-state index in [0.29, 0.717) is 0 Å². The Morgan fingerprint density at radius 2 is 0.850 bits per heavy atom. The van der Waals surface area contributed by atoms with Crippen LogP contribution in [-0.4, -0.2) is 32.2 Å². The van der Waals surface area contributed by atoms with Crippen LogP contribution in [0.2, 0.25) is 0 Å². The van der Waals surface area contributed by atoms with E-state index in [-0.39, 0.29) is 29.4 Å². The van der Waals surface area contributed by atoms with E-state index in [1.807, 2.05) is 0 Å². The molecule has 0 N–H and O–H groups in total. The van der Waals surface area contributed by atoms with Crippen molar-refractivity contribution in [2.75, 3.05) is 27.7 Å². The van der Waals surface area contributed by atoms with Crippen LogP contribution >= 0.6 is 29.4 Å². The molecule has 126 valence electrons. The molecule has 1 nitrogen and oxygen atoms in total. The second-order valence-corrected chi connectivity index (χ2v) is 6.90. The third kappa shape index (κ3) is 23.8. The van der Waals surface area contributed by atoms with Crippen LogP contribution in [0, 0.1) is 0 Å². The van der Waals surface area contributed by atoms with Gasteiger partial charge in [0, 0.05) is 0 Å². The van der Waals surface area contributed by atoms with Gasteiger partial charge in [0.2, 0.25) is 0 Å².